The minimum absolute atomic E-state index is 0.348. The predicted molar refractivity (Wildman–Crippen MR) is 69.1 cm³/mol. The third kappa shape index (κ3) is 3.94. The van der Waals surface area contributed by atoms with Crippen LogP contribution < -0.4 is 5.73 Å². The van der Waals surface area contributed by atoms with Crippen molar-refractivity contribution in [3.8, 4) is 0 Å². The molecule has 88 valence electrons. The normalized spacial score (nSPS) is 10.1. The van der Waals surface area contributed by atoms with Gasteiger partial charge < -0.3 is 10.5 Å². The molecule has 1 rings (SSSR count). The Morgan fingerprint density at radius 3 is 2.94 bits per heavy atom. The molecule has 0 aliphatic rings. The number of anilines is 1. The van der Waals surface area contributed by atoms with Crippen molar-refractivity contribution in [3.63, 3.8) is 0 Å². The summed E-state index contributed by atoms with van der Waals surface area (Å²) in [6.45, 7) is 2.46. The molecule has 0 saturated carbocycles. The van der Waals surface area contributed by atoms with Gasteiger partial charge in [0.25, 0.3) is 0 Å². The van der Waals surface area contributed by atoms with Crippen molar-refractivity contribution >= 4 is 35.0 Å². The summed E-state index contributed by atoms with van der Waals surface area (Å²) in [5, 5.41) is 0.510. The summed E-state index contributed by atoms with van der Waals surface area (Å²) in [7, 11) is 0. The molecule has 0 bridgehead atoms. The summed E-state index contributed by atoms with van der Waals surface area (Å²) in [5.41, 5.74) is 6.38. The van der Waals surface area contributed by atoms with E-state index in [9.17, 15) is 4.79 Å². The lowest BCUT2D eigenvalue weighted by Crippen LogP contribution is -2.10. The molecule has 16 heavy (non-hydrogen) atoms. The predicted octanol–water partition coefficient (Wildman–Crippen LogP) is 2.83. The molecule has 0 fully saturated rings. The standard InChI is InChI=1S/C11H14ClNO2S/c1-2-16-6-5-15-11(14)9-4-3-8(12)7-10(9)13/h3-4,7H,2,5-6,13H2,1H3. The van der Waals surface area contributed by atoms with Gasteiger partial charge in [-0.25, -0.2) is 4.79 Å². The lowest BCUT2D eigenvalue weighted by molar-refractivity contribution is 0.0531. The van der Waals surface area contributed by atoms with Crippen LogP contribution in [0.3, 0.4) is 0 Å². The van der Waals surface area contributed by atoms with Crippen molar-refractivity contribution in [2.24, 2.45) is 0 Å². The largest absolute Gasteiger partial charge is 0.461 e. The summed E-state index contributed by atoms with van der Waals surface area (Å²) in [6, 6.07) is 4.74. The van der Waals surface area contributed by atoms with Gasteiger partial charge in [-0.1, -0.05) is 18.5 Å². The van der Waals surface area contributed by atoms with Crippen LogP contribution in [0.4, 0.5) is 5.69 Å². The number of carbonyl (C=O) groups excluding carboxylic acids is 1. The van der Waals surface area contributed by atoms with Gasteiger partial charge in [-0.3, -0.25) is 0 Å². The van der Waals surface area contributed by atoms with Crippen LogP contribution in [0.1, 0.15) is 17.3 Å². The molecule has 0 heterocycles. The van der Waals surface area contributed by atoms with Crippen LogP contribution in [-0.4, -0.2) is 24.1 Å². The third-order valence-corrected chi connectivity index (χ3v) is 3.00. The fourth-order valence-corrected chi connectivity index (χ4v) is 1.81. The number of nitrogen functional groups attached to an aromatic ring is 1. The first-order chi connectivity index (χ1) is 7.65. The Labute approximate surface area is 104 Å². The first-order valence-electron chi connectivity index (χ1n) is 4.95. The number of ether oxygens (including phenoxy) is 1. The van der Waals surface area contributed by atoms with Crippen molar-refractivity contribution in [1.29, 1.82) is 0 Å². The lowest BCUT2D eigenvalue weighted by atomic mass is 10.2. The van der Waals surface area contributed by atoms with Crippen molar-refractivity contribution in [3.05, 3.63) is 28.8 Å². The van der Waals surface area contributed by atoms with Crippen LogP contribution in [0, 0.1) is 0 Å². The van der Waals surface area contributed by atoms with Gasteiger partial charge in [0.05, 0.1) is 5.56 Å². The zero-order valence-corrected chi connectivity index (χ0v) is 10.6. The molecule has 1 aromatic rings. The Morgan fingerprint density at radius 1 is 1.56 bits per heavy atom. The van der Waals surface area contributed by atoms with Gasteiger partial charge in [-0.05, 0) is 24.0 Å². The lowest BCUT2D eigenvalue weighted by Gasteiger charge is -2.06. The summed E-state index contributed by atoms with van der Waals surface area (Å²) in [6.07, 6.45) is 0. The quantitative estimate of drug-likeness (QED) is 0.502. The summed E-state index contributed by atoms with van der Waals surface area (Å²) in [5.74, 6) is 1.42. The average Bonchev–Trinajstić information content (AvgIpc) is 2.24. The van der Waals surface area contributed by atoms with E-state index in [1.54, 1.807) is 30.0 Å². The highest BCUT2D eigenvalue weighted by molar-refractivity contribution is 7.99. The van der Waals surface area contributed by atoms with E-state index in [4.69, 9.17) is 22.1 Å². The molecule has 0 amide bonds. The zero-order valence-electron chi connectivity index (χ0n) is 9.03. The minimum Gasteiger partial charge on any atom is -0.461 e. The van der Waals surface area contributed by atoms with Gasteiger partial charge in [0, 0.05) is 16.5 Å². The maximum Gasteiger partial charge on any atom is 0.340 e. The number of halogens is 1. The number of esters is 1. The van der Waals surface area contributed by atoms with Gasteiger partial charge in [-0.15, -0.1) is 0 Å². The van der Waals surface area contributed by atoms with Gasteiger partial charge in [0.15, 0.2) is 0 Å². The second-order valence-electron chi connectivity index (χ2n) is 3.06. The Balaban J connectivity index is 2.53. The first-order valence-corrected chi connectivity index (χ1v) is 6.48. The molecule has 1 aromatic carbocycles. The van der Waals surface area contributed by atoms with Crippen molar-refractivity contribution in [2.45, 2.75) is 6.92 Å². The smallest absolute Gasteiger partial charge is 0.340 e. The summed E-state index contributed by atoms with van der Waals surface area (Å²) < 4.78 is 5.07. The highest BCUT2D eigenvalue weighted by Crippen LogP contribution is 2.18. The number of hydrogen-bond acceptors (Lipinski definition) is 4. The molecule has 0 spiro atoms. The average molecular weight is 260 g/mol. The van der Waals surface area contributed by atoms with E-state index in [0.717, 1.165) is 11.5 Å². The van der Waals surface area contributed by atoms with Crippen LogP contribution in [0.5, 0.6) is 0 Å². The van der Waals surface area contributed by atoms with E-state index in [1.165, 1.54) is 0 Å². The van der Waals surface area contributed by atoms with Crippen LogP contribution in [0.25, 0.3) is 0 Å². The molecule has 0 unspecified atom stereocenters. The number of hydrogen-bond donors (Lipinski definition) is 1. The summed E-state index contributed by atoms with van der Waals surface area (Å²) in [4.78, 5) is 11.6. The van der Waals surface area contributed by atoms with Crippen molar-refractivity contribution in [2.75, 3.05) is 23.8 Å². The van der Waals surface area contributed by atoms with Crippen LogP contribution in [0.2, 0.25) is 5.02 Å². The number of rotatable bonds is 5. The molecular weight excluding hydrogens is 246 g/mol. The first kappa shape index (κ1) is 13.2. The highest BCUT2D eigenvalue weighted by atomic mass is 35.5. The molecule has 0 saturated heterocycles. The van der Waals surface area contributed by atoms with E-state index in [-0.39, 0.29) is 0 Å². The molecule has 3 nitrogen and oxygen atoms in total. The van der Waals surface area contributed by atoms with Crippen LogP contribution in [0.15, 0.2) is 18.2 Å². The molecule has 0 atom stereocenters. The number of thioether (sulfide) groups is 1. The maximum atomic E-state index is 11.6. The summed E-state index contributed by atoms with van der Waals surface area (Å²) >= 11 is 7.45. The number of benzene rings is 1. The molecule has 0 radical (unpaired) electrons. The Morgan fingerprint density at radius 2 is 2.31 bits per heavy atom. The fourth-order valence-electron chi connectivity index (χ4n) is 1.13. The van der Waals surface area contributed by atoms with E-state index in [0.29, 0.717) is 22.9 Å². The van der Waals surface area contributed by atoms with E-state index < -0.39 is 5.97 Å². The van der Waals surface area contributed by atoms with Gasteiger partial charge in [0.1, 0.15) is 6.61 Å². The second-order valence-corrected chi connectivity index (χ2v) is 4.89. The molecule has 5 heteroatoms. The highest BCUT2D eigenvalue weighted by Gasteiger charge is 2.10. The Bertz CT molecular complexity index is 371. The molecular formula is C11H14ClNO2S. The molecule has 2 N–H and O–H groups in total. The van der Waals surface area contributed by atoms with E-state index in [1.807, 2.05) is 0 Å². The molecule has 0 aliphatic heterocycles. The van der Waals surface area contributed by atoms with Crippen LogP contribution in [-0.2, 0) is 4.74 Å². The fraction of sp³-hybridized carbons (Fsp3) is 0.364. The molecule has 0 aliphatic carbocycles. The van der Waals surface area contributed by atoms with Gasteiger partial charge in [0.2, 0.25) is 0 Å². The molecule has 0 aromatic heterocycles. The SMILES string of the molecule is CCSCCOC(=O)c1ccc(Cl)cc1N. The Kier molecular flexibility index (Phi) is 5.49. The zero-order chi connectivity index (χ0) is 12.0. The van der Waals surface area contributed by atoms with Crippen molar-refractivity contribution in [1.82, 2.24) is 0 Å². The van der Waals surface area contributed by atoms with Crippen LogP contribution >= 0.6 is 23.4 Å². The Hall–Kier alpha value is -0.870. The van der Waals surface area contributed by atoms with Gasteiger partial charge >= 0.3 is 5.97 Å². The second kappa shape index (κ2) is 6.66. The van der Waals surface area contributed by atoms with E-state index in [2.05, 4.69) is 6.92 Å². The van der Waals surface area contributed by atoms with Crippen molar-refractivity contribution < 1.29 is 9.53 Å². The van der Waals surface area contributed by atoms with Gasteiger partial charge in [-0.2, -0.15) is 11.8 Å². The topological polar surface area (TPSA) is 52.3 Å². The minimum atomic E-state index is -0.397. The van der Waals surface area contributed by atoms with E-state index >= 15 is 0 Å². The number of carbonyl (C=O) groups is 1. The third-order valence-electron chi connectivity index (χ3n) is 1.90. The maximum absolute atomic E-state index is 11.6. The monoisotopic (exact) mass is 259 g/mol. The number of nitrogens with two attached hydrogens (primary N) is 1.